The average Bonchev–Trinajstić information content (AvgIpc) is 3.16. The Kier molecular flexibility index (Phi) is 6.36. The van der Waals surface area contributed by atoms with Gasteiger partial charge >= 0.3 is 12.4 Å². The summed E-state index contributed by atoms with van der Waals surface area (Å²) in [5, 5.41) is 0. The molecule has 2 heterocycles. The summed E-state index contributed by atoms with van der Waals surface area (Å²) in [5.41, 5.74) is -0.925. The van der Waals surface area contributed by atoms with Crippen molar-refractivity contribution in [3.8, 4) is 11.4 Å². The van der Waals surface area contributed by atoms with Crippen molar-refractivity contribution in [2.75, 3.05) is 5.75 Å². The quantitative estimate of drug-likeness (QED) is 0.287. The topological polar surface area (TPSA) is 64.8 Å². The van der Waals surface area contributed by atoms with E-state index in [2.05, 4.69) is 9.97 Å². The van der Waals surface area contributed by atoms with Crippen LogP contribution in [0.25, 0.3) is 22.6 Å². The number of benzene rings is 2. The van der Waals surface area contributed by atoms with E-state index in [-0.39, 0.29) is 29.1 Å². The molecule has 0 atom stereocenters. The Morgan fingerprint density at radius 2 is 1.53 bits per heavy atom. The summed E-state index contributed by atoms with van der Waals surface area (Å²) in [6.07, 6.45) is -8.90. The zero-order valence-corrected chi connectivity index (χ0v) is 19.8. The zero-order valence-electron chi connectivity index (χ0n) is 18.9. The molecule has 0 amide bonds. The lowest BCUT2D eigenvalue weighted by Crippen LogP contribution is -2.12. The van der Waals surface area contributed by atoms with Crippen LogP contribution in [-0.2, 0) is 28.7 Å². The molecule has 0 saturated carbocycles. The molecule has 0 spiro atoms. The molecule has 2 aromatic carbocycles. The molecular weight excluding hydrogens is 508 g/mol. The number of halogens is 6. The van der Waals surface area contributed by atoms with Gasteiger partial charge in [0.25, 0.3) is 0 Å². The number of sulfone groups is 1. The first kappa shape index (κ1) is 25.7. The van der Waals surface area contributed by atoms with Gasteiger partial charge in [0.05, 0.1) is 27.3 Å². The SMILES string of the molecule is CCS(=O)(=O)c1cc(C(F)(F)F)ccc1-c1nc2ncc(C(F)(F)F)cc2n1Cc1ccc(C)cc1. The van der Waals surface area contributed by atoms with Crippen LogP contribution in [0.5, 0.6) is 0 Å². The zero-order chi connectivity index (χ0) is 26.5. The van der Waals surface area contributed by atoms with Crippen LogP contribution in [0.4, 0.5) is 26.3 Å². The number of hydrogen-bond donors (Lipinski definition) is 0. The van der Waals surface area contributed by atoms with Crippen LogP contribution in [0.3, 0.4) is 0 Å². The molecule has 4 rings (SSSR count). The van der Waals surface area contributed by atoms with Crippen molar-refractivity contribution in [2.45, 2.75) is 37.6 Å². The van der Waals surface area contributed by atoms with Gasteiger partial charge in [0.1, 0.15) is 5.82 Å². The number of hydrogen-bond acceptors (Lipinski definition) is 4. The maximum absolute atomic E-state index is 13.4. The van der Waals surface area contributed by atoms with Crippen LogP contribution < -0.4 is 0 Å². The fraction of sp³-hybridized carbons (Fsp3) is 0.250. The molecule has 0 saturated heterocycles. The number of nitrogens with zero attached hydrogens (tertiary/aromatic N) is 3. The molecule has 0 fully saturated rings. The summed E-state index contributed by atoms with van der Waals surface area (Å²) in [6, 6.07) is 10.1. The van der Waals surface area contributed by atoms with Gasteiger partial charge in [-0.3, -0.25) is 0 Å². The molecule has 12 heteroatoms. The molecular formula is C24H19F6N3O2S. The molecule has 190 valence electrons. The molecule has 0 aliphatic heterocycles. The van der Waals surface area contributed by atoms with Crippen molar-refractivity contribution in [3.05, 3.63) is 77.0 Å². The van der Waals surface area contributed by atoms with Gasteiger partial charge < -0.3 is 4.57 Å². The third kappa shape index (κ3) is 4.95. The van der Waals surface area contributed by atoms with Gasteiger partial charge in [0, 0.05) is 18.3 Å². The van der Waals surface area contributed by atoms with E-state index in [9.17, 15) is 34.8 Å². The highest BCUT2D eigenvalue weighted by Crippen LogP contribution is 2.37. The molecule has 2 aromatic heterocycles. The van der Waals surface area contributed by atoms with E-state index in [4.69, 9.17) is 0 Å². The van der Waals surface area contributed by atoms with E-state index in [1.165, 1.54) is 11.5 Å². The molecule has 0 aliphatic carbocycles. The van der Waals surface area contributed by atoms with Crippen molar-refractivity contribution < 1.29 is 34.8 Å². The predicted molar refractivity (Wildman–Crippen MR) is 121 cm³/mol. The molecule has 5 nitrogen and oxygen atoms in total. The summed E-state index contributed by atoms with van der Waals surface area (Å²) in [4.78, 5) is 7.44. The fourth-order valence-electron chi connectivity index (χ4n) is 3.70. The van der Waals surface area contributed by atoms with Crippen molar-refractivity contribution in [2.24, 2.45) is 0 Å². The predicted octanol–water partition coefficient (Wildman–Crippen LogP) is 6.29. The summed E-state index contributed by atoms with van der Waals surface area (Å²) in [5.74, 6) is -0.603. The third-order valence-corrected chi connectivity index (χ3v) is 7.43. The number of aromatic nitrogens is 3. The normalized spacial score (nSPS) is 12.9. The van der Waals surface area contributed by atoms with Gasteiger partial charge in [-0.15, -0.1) is 0 Å². The monoisotopic (exact) mass is 527 g/mol. The van der Waals surface area contributed by atoms with Gasteiger partial charge in [-0.25, -0.2) is 18.4 Å². The number of imidazole rings is 1. The minimum absolute atomic E-state index is 0.0261. The Morgan fingerprint density at radius 1 is 0.889 bits per heavy atom. The van der Waals surface area contributed by atoms with Gasteiger partial charge in [-0.1, -0.05) is 36.8 Å². The van der Waals surface area contributed by atoms with E-state index >= 15 is 0 Å². The Bertz CT molecular complexity index is 1540. The van der Waals surface area contributed by atoms with Gasteiger partial charge in [0.15, 0.2) is 15.5 Å². The van der Waals surface area contributed by atoms with E-state index in [0.29, 0.717) is 23.9 Å². The van der Waals surface area contributed by atoms with Crippen LogP contribution in [0.1, 0.15) is 29.2 Å². The van der Waals surface area contributed by atoms with Crippen molar-refractivity contribution in [1.29, 1.82) is 0 Å². The minimum Gasteiger partial charge on any atom is -0.318 e. The van der Waals surface area contributed by atoms with Crippen LogP contribution in [0, 0.1) is 6.92 Å². The smallest absolute Gasteiger partial charge is 0.318 e. The van der Waals surface area contributed by atoms with E-state index in [1.54, 1.807) is 24.3 Å². The summed E-state index contributed by atoms with van der Waals surface area (Å²) < 4.78 is 107. The average molecular weight is 527 g/mol. The molecule has 0 unspecified atom stereocenters. The first-order chi connectivity index (χ1) is 16.7. The van der Waals surface area contributed by atoms with Crippen LogP contribution in [-0.4, -0.2) is 28.7 Å². The van der Waals surface area contributed by atoms with E-state index in [0.717, 1.165) is 17.7 Å². The van der Waals surface area contributed by atoms with Crippen LogP contribution in [0.15, 0.2) is 59.6 Å². The Balaban J connectivity index is 2.03. The van der Waals surface area contributed by atoms with Crippen molar-refractivity contribution in [3.63, 3.8) is 0 Å². The molecule has 4 aromatic rings. The van der Waals surface area contributed by atoms with Crippen LogP contribution >= 0.6 is 0 Å². The Hall–Kier alpha value is -3.41. The summed E-state index contributed by atoms with van der Waals surface area (Å²) in [6.45, 7) is 3.11. The molecule has 36 heavy (non-hydrogen) atoms. The van der Waals surface area contributed by atoms with Gasteiger partial charge in [0.2, 0.25) is 0 Å². The van der Waals surface area contributed by atoms with Gasteiger partial charge in [-0.2, -0.15) is 26.3 Å². The van der Waals surface area contributed by atoms with E-state index < -0.39 is 44.0 Å². The highest BCUT2D eigenvalue weighted by Gasteiger charge is 2.35. The largest absolute Gasteiger partial charge is 0.417 e. The first-order valence-corrected chi connectivity index (χ1v) is 12.3. The maximum atomic E-state index is 13.4. The minimum atomic E-state index is -4.80. The third-order valence-electron chi connectivity index (χ3n) is 5.66. The lowest BCUT2D eigenvalue weighted by atomic mass is 10.1. The van der Waals surface area contributed by atoms with Crippen LogP contribution in [0.2, 0.25) is 0 Å². The molecule has 0 N–H and O–H groups in total. The second kappa shape index (κ2) is 8.91. The second-order valence-electron chi connectivity index (χ2n) is 8.18. The van der Waals surface area contributed by atoms with E-state index in [1.807, 2.05) is 6.92 Å². The highest BCUT2D eigenvalue weighted by atomic mass is 32.2. The molecule has 0 radical (unpaired) electrons. The Morgan fingerprint density at radius 3 is 2.11 bits per heavy atom. The summed E-state index contributed by atoms with van der Waals surface area (Å²) in [7, 11) is -4.18. The maximum Gasteiger partial charge on any atom is 0.417 e. The second-order valence-corrected chi connectivity index (χ2v) is 10.4. The first-order valence-electron chi connectivity index (χ1n) is 10.6. The fourth-order valence-corrected chi connectivity index (χ4v) is 4.81. The van der Waals surface area contributed by atoms with Crippen molar-refractivity contribution in [1.82, 2.24) is 14.5 Å². The number of rotatable bonds is 5. The number of alkyl halides is 6. The lowest BCUT2D eigenvalue weighted by molar-refractivity contribution is -0.138. The van der Waals surface area contributed by atoms with Gasteiger partial charge in [-0.05, 0) is 36.8 Å². The highest BCUT2D eigenvalue weighted by molar-refractivity contribution is 7.91. The Labute approximate surface area is 202 Å². The van der Waals surface area contributed by atoms with Crippen molar-refractivity contribution >= 4 is 21.0 Å². The lowest BCUT2D eigenvalue weighted by Gasteiger charge is -2.15. The molecule has 0 aliphatic rings. The number of pyridine rings is 1. The number of fused-ring (bicyclic) bond motifs is 1. The molecule has 0 bridgehead atoms. The summed E-state index contributed by atoms with van der Waals surface area (Å²) >= 11 is 0. The number of aryl methyl sites for hydroxylation is 1. The standard InChI is InChI=1S/C24H19F6N3O2S/c1-3-36(34,35)20-11-16(23(25,26)27)8-9-18(20)22-32-21-19(10-17(12-31-21)24(28,29)30)33(22)13-15-6-4-14(2)5-7-15/h4-12H,3,13H2,1-2H3.